The molecule has 0 atom stereocenters. The zero-order valence-corrected chi connectivity index (χ0v) is 10.6. The molecule has 0 heterocycles. The van der Waals surface area contributed by atoms with Crippen molar-refractivity contribution >= 4 is 5.78 Å². The Morgan fingerprint density at radius 1 is 1.16 bits per heavy atom. The molecule has 0 aliphatic carbocycles. The summed E-state index contributed by atoms with van der Waals surface area (Å²) in [5.74, 6) is 0.567. The molecule has 0 fully saturated rings. The molecule has 94 valence electrons. The molecule has 0 aliphatic rings. The van der Waals surface area contributed by atoms with Crippen LogP contribution in [-0.2, 0) is 0 Å². The maximum absolute atomic E-state index is 12.2. The number of carbonyl (C=O) groups is 1. The summed E-state index contributed by atoms with van der Waals surface area (Å²) in [7, 11) is 0. The predicted molar refractivity (Wildman–Crippen MR) is 72.2 cm³/mol. The minimum absolute atomic E-state index is 0.00513. The lowest BCUT2D eigenvalue weighted by molar-refractivity contribution is 0.103. The predicted octanol–water partition coefficient (Wildman–Crippen LogP) is 3.13. The van der Waals surface area contributed by atoms with Crippen molar-refractivity contribution in [2.24, 2.45) is 0 Å². The van der Waals surface area contributed by atoms with Crippen LogP contribution < -0.4 is 4.74 Å². The van der Waals surface area contributed by atoms with Crippen LogP contribution >= 0.6 is 0 Å². The van der Waals surface area contributed by atoms with Crippen LogP contribution in [0.1, 0.15) is 21.5 Å². The molecular weight excluding hydrogens is 238 g/mol. The number of benzene rings is 2. The standard InChI is InChI=1S/C16H13NO2/c1-12-3-2-4-14(11-12)16(18)13-5-7-15(8-6-13)19-10-9-17/h2-8,11H,10H2,1H3. The Labute approximate surface area is 112 Å². The number of nitrogens with zero attached hydrogens (tertiary/aromatic N) is 1. The summed E-state index contributed by atoms with van der Waals surface area (Å²) < 4.78 is 5.14. The number of carbonyl (C=O) groups excluding carboxylic acids is 1. The molecule has 0 aliphatic heterocycles. The number of ketones is 1. The van der Waals surface area contributed by atoms with Gasteiger partial charge in [-0.3, -0.25) is 4.79 Å². The number of aryl methyl sites for hydroxylation is 1. The summed E-state index contributed by atoms with van der Waals surface area (Å²) in [6.07, 6.45) is 0. The van der Waals surface area contributed by atoms with Gasteiger partial charge in [0.2, 0.25) is 0 Å². The van der Waals surface area contributed by atoms with Gasteiger partial charge in [-0.25, -0.2) is 0 Å². The second kappa shape index (κ2) is 5.83. The fraction of sp³-hybridized carbons (Fsp3) is 0.125. The Hall–Kier alpha value is -2.60. The SMILES string of the molecule is Cc1cccc(C(=O)c2ccc(OCC#N)cc2)c1. The van der Waals surface area contributed by atoms with Gasteiger partial charge in [-0.05, 0) is 37.3 Å². The maximum atomic E-state index is 12.2. The van der Waals surface area contributed by atoms with E-state index < -0.39 is 0 Å². The van der Waals surface area contributed by atoms with Gasteiger partial charge in [0.25, 0.3) is 0 Å². The first-order chi connectivity index (χ1) is 9.20. The van der Waals surface area contributed by atoms with Crippen LogP contribution in [0.25, 0.3) is 0 Å². The van der Waals surface area contributed by atoms with Gasteiger partial charge in [0.1, 0.15) is 11.8 Å². The Morgan fingerprint density at radius 2 is 1.89 bits per heavy atom. The molecule has 2 aromatic rings. The molecule has 3 nitrogen and oxygen atoms in total. The minimum atomic E-state index is -0.0180. The van der Waals surface area contributed by atoms with E-state index in [9.17, 15) is 4.79 Å². The summed E-state index contributed by atoms with van der Waals surface area (Å²) >= 11 is 0. The number of rotatable bonds is 4. The molecule has 0 unspecified atom stereocenters. The van der Waals surface area contributed by atoms with Crippen LogP contribution in [0.2, 0.25) is 0 Å². The van der Waals surface area contributed by atoms with Crippen molar-refractivity contribution in [1.82, 2.24) is 0 Å². The zero-order chi connectivity index (χ0) is 13.7. The van der Waals surface area contributed by atoms with Gasteiger partial charge in [-0.15, -0.1) is 0 Å². The average Bonchev–Trinajstić information content (AvgIpc) is 2.45. The molecule has 0 saturated carbocycles. The first-order valence-corrected chi connectivity index (χ1v) is 5.92. The molecule has 0 saturated heterocycles. The van der Waals surface area contributed by atoms with Crippen LogP contribution in [-0.4, -0.2) is 12.4 Å². The van der Waals surface area contributed by atoms with E-state index in [0.29, 0.717) is 16.9 Å². The smallest absolute Gasteiger partial charge is 0.193 e. The number of hydrogen-bond donors (Lipinski definition) is 0. The Bertz CT molecular complexity index is 624. The molecule has 0 amide bonds. The van der Waals surface area contributed by atoms with Crippen molar-refractivity contribution in [2.75, 3.05) is 6.61 Å². The molecule has 3 heteroatoms. The van der Waals surface area contributed by atoms with E-state index in [1.54, 1.807) is 30.3 Å². The highest BCUT2D eigenvalue weighted by Gasteiger charge is 2.08. The summed E-state index contributed by atoms with van der Waals surface area (Å²) in [6, 6.07) is 16.2. The van der Waals surface area contributed by atoms with Crippen LogP contribution in [0.3, 0.4) is 0 Å². The van der Waals surface area contributed by atoms with Gasteiger partial charge in [-0.2, -0.15) is 5.26 Å². The quantitative estimate of drug-likeness (QED) is 0.784. The highest BCUT2D eigenvalue weighted by Crippen LogP contribution is 2.16. The largest absolute Gasteiger partial charge is 0.479 e. The van der Waals surface area contributed by atoms with E-state index in [-0.39, 0.29) is 12.4 Å². The Kier molecular flexibility index (Phi) is 3.94. The van der Waals surface area contributed by atoms with Crippen LogP contribution in [0, 0.1) is 18.3 Å². The molecule has 0 bridgehead atoms. The summed E-state index contributed by atoms with van der Waals surface area (Å²) in [5, 5.41) is 8.42. The van der Waals surface area contributed by atoms with Gasteiger partial charge in [0.05, 0.1) is 0 Å². The zero-order valence-electron chi connectivity index (χ0n) is 10.6. The second-order valence-electron chi connectivity index (χ2n) is 4.17. The van der Waals surface area contributed by atoms with Gasteiger partial charge in [0.15, 0.2) is 12.4 Å². The highest BCUT2D eigenvalue weighted by atomic mass is 16.5. The molecule has 0 aromatic heterocycles. The monoisotopic (exact) mass is 251 g/mol. The van der Waals surface area contributed by atoms with Crippen molar-refractivity contribution in [3.8, 4) is 11.8 Å². The van der Waals surface area contributed by atoms with Gasteiger partial charge >= 0.3 is 0 Å². The molecule has 2 rings (SSSR count). The summed E-state index contributed by atoms with van der Waals surface area (Å²) in [4.78, 5) is 12.2. The normalized spacial score (nSPS) is 9.68. The first kappa shape index (κ1) is 12.8. The highest BCUT2D eigenvalue weighted by molar-refractivity contribution is 6.09. The van der Waals surface area contributed by atoms with Gasteiger partial charge in [0, 0.05) is 11.1 Å². The molecular formula is C16H13NO2. The van der Waals surface area contributed by atoms with Crippen molar-refractivity contribution < 1.29 is 9.53 Å². The average molecular weight is 251 g/mol. The van der Waals surface area contributed by atoms with E-state index in [1.807, 2.05) is 31.2 Å². The van der Waals surface area contributed by atoms with Crippen molar-refractivity contribution in [3.05, 3.63) is 65.2 Å². The number of hydrogen-bond acceptors (Lipinski definition) is 3. The molecule has 2 aromatic carbocycles. The third-order valence-corrected chi connectivity index (χ3v) is 2.70. The lowest BCUT2D eigenvalue weighted by atomic mass is 10.0. The third kappa shape index (κ3) is 3.20. The molecule has 0 N–H and O–H groups in total. The molecule has 19 heavy (non-hydrogen) atoms. The third-order valence-electron chi connectivity index (χ3n) is 2.70. The van der Waals surface area contributed by atoms with E-state index >= 15 is 0 Å². The fourth-order valence-electron chi connectivity index (χ4n) is 1.77. The lowest BCUT2D eigenvalue weighted by Crippen LogP contribution is -2.01. The van der Waals surface area contributed by atoms with E-state index in [4.69, 9.17) is 10.00 Å². The van der Waals surface area contributed by atoms with E-state index in [1.165, 1.54) is 0 Å². The first-order valence-electron chi connectivity index (χ1n) is 5.92. The Morgan fingerprint density at radius 3 is 2.53 bits per heavy atom. The molecule has 0 radical (unpaired) electrons. The second-order valence-corrected chi connectivity index (χ2v) is 4.17. The molecule has 0 spiro atoms. The summed E-state index contributed by atoms with van der Waals surface area (Å²) in [5.41, 5.74) is 2.33. The van der Waals surface area contributed by atoms with Crippen molar-refractivity contribution in [1.29, 1.82) is 5.26 Å². The van der Waals surface area contributed by atoms with Crippen molar-refractivity contribution in [2.45, 2.75) is 6.92 Å². The maximum Gasteiger partial charge on any atom is 0.193 e. The Balaban J connectivity index is 2.18. The summed E-state index contributed by atoms with van der Waals surface area (Å²) in [6.45, 7) is 1.96. The van der Waals surface area contributed by atoms with Gasteiger partial charge in [-0.1, -0.05) is 23.8 Å². The lowest BCUT2D eigenvalue weighted by Gasteiger charge is -2.04. The van der Waals surface area contributed by atoms with Crippen LogP contribution in [0.15, 0.2) is 48.5 Å². The number of ether oxygens (including phenoxy) is 1. The van der Waals surface area contributed by atoms with E-state index in [0.717, 1.165) is 5.56 Å². The van der Waals surface area contributed by atoms with Crippen molar-refractivity contribution in [3.63, 3.8) is 0 Å². The number of nitriles is 1. The van der Waals surface area contributed by atoms with Crippen LogP contribution in [0.4, 0.5) is 0 Å². The van der Waals surface area contributed by atoms with Crippen LogP contribution in [0.5, 0.6) is 5.75 Å². The van der Waals surface area contributed by atoms with E-state index in [2.05, 4.69) is 0 Å². The topological polar surface area (TPSA) is 50.1 Å². The van der Waals surface area contributed by atoms with Gasteiger partial charge < -0.3 is 4.74 Å². The fourth-order valence-corrected chi connectivity index (χ4v) is 1.77. The minimum Gasteiger partial charge on any atom is -0.479 e.